The Labute approximate surface area is 99.9 Å². The third-order valence-electron chi connectivity index (χ3n) is 3.59. The van der Waals surface area contributed by atoms with E-state index in [1.807, 2.05) is 6.07 Å². The van der Waals surface area contributed by atoms with Crippen LogP contribution in [-0.2, 0) is 4.57 Å². The van der Waals surface area contributed by atoms with E-state index in [4.69, 9.17) is 0 Å². The van der Waals surface area contributed by atoms with Crippen LogP contribution in [0.15, 0.2) is 24.8 Å². The predicted molar refractivity (Wildman–Crippen MR) is 68.1 cm³/mol. The van der Waals surface area contributed by atoms with Gasteiger partial charge in [0.1, 0.15) is 18.9 Å². The van der Waals surface area contributed by atoms with Crippen LogP contribution in [0.4, 0.5) is 0 Å². The van der Waals surface area contributed by atoms with E-state index in [1.165, 1.54) is 6.33 Å². The van der Waals surface area contributed by atoms with Crippen molar-refractivity contribution in [1.82, 2.24) is 15.0 Å². The van der Waals surface area contributed by atoms with Crippen molar-refractivity contribution in [1.29, 1.82) is 0 Å². The van der Waals surface area contributed by atoms with Crippen LogP contribution >= 0.6 is 7.14 Å². The lowest BCUT2D eigenvalue weighted by molar-refractivity contribution is 0.578. The molecule has 3 heterocycles. The van der Waals surface area contributed by atoms with E-state index in [9.17, 15) is 4.57 Å². The summed E-state index contributed by atoms with van der Waals surface area (Å²) in [5, 5.41) is 0.923. The van der Waals surface area contributed by atoms with Gasteiger partial charge in [-0.15, -0.1) is 0 Å². The lowest BCUT2D eigenvalue weighted by Crippen LogP contribution is -2.15. The number of nitrogens with zero attached hydrogens (tertiary/aromatic N) is 3. The van der Waals surface area contributed by atoms with Gasteiger partial charge in [-0.2, -0.15) is 0 Å². The van der Waals surface area contributed by atoms with Crippen molar-refractivity contribution < 1.29 is 4.57 Å². The Bertz CT molecular complexity index is 613. The van der Waals surface area contributed by atoms with E-state index in [-0.39, 0.29) is 5.66 Å². The van der Waals surface area contributed by atoms with Crippen LogP contribution in [0, 0.1) is 0 Å². The van der Waals surface area contributed by atoms with Crippen LogP contribution in [0.1, 0.15) is 19.8 Å². The molecule has 0 amide bonds. The molecule has 1 fully saturated rings. The Morgan fingerprint density at radius 3 is 3.00 bits per heavy atom. The highest BCUT2D eigenvalue weighted by atomic mass is 31.2. The average molecular weight is 247 g/mol. The molecule has 1 aliphatic rings. The summed E-state index contributed by atoms with van der Waals surface area (Å²) >= 11 is 0. The first kappa shape index (κ1) is 10.8. The molecule has 2 aromatic rings. The van der Waals surface area contributed by atoms with Crippen molar-refractivity contribution in [3.63, 3.8) is 0 Å². The maximum absolute atomic E-state index is 12.9. The van der Waals surface area contributed by atoms with Gasteiger partial charge in [-0.05, 0) is 18.9 Å². The Morgan fingerprint density at radius 1 is 1.35 bits per heavy atom. The number of rotatable bonds is 1. The summed E-state index contributed by atoms with van der Waals surface area (Å²) in [4.78, 5) is 12.5. The third-order valence-corrected chi connectivity index (χ3v) is 7.27. The van der Waals surface area contributed by atoms with Gasteiger partial charge in [-0.1, -0.05) is 6.92 Å². The topological polar surface area (TPSA) is 55.7 Å². The molecular weight excluding hydrogens is 233 g/mol. The number of hydrogen-bond acceptors (Lipinski definition) is 4. The first-order valence-corrected chi connectivity index (χ1v) is 7.81. The Kier molecular flexibility index (Phi) is 2.48. The smallest absolute Gasteiger partial charge is 0.135 e. The second-order valence-corrected chi connectivity index (χ2v) is 8.01. The number of hydrogen-bond donors (Lipinski definition) is 0. The first-order chi connectivity index (χ1) is 8.20. The van der Waals surface area contributed by atoms with Gasteiger partial charge in [0.2, 0.25) is 0 Å². The fraction of sp³-hybridized carbons (Fsp3) is 0.417. The monoisotopic (exact) mass is 247 g/mol. The van der Waals surface area contributed by atoms with Gasteiger partial charge in [0.15, 0.2) is 0 Å². The van der Waals surface area contributed by atoms with E-state index in [2.05, 4.69) is 21.9 Å². The van der Waals surface area contributed by atoms with Gasteiger partial charge in [-0.3, -0.25) is 4.98 Å². The maximum Gasteiger partial charge on any atom is 0.135 e. The van der Waals surface area contributed by atoms with Crippen LogP contribution in [0.5, 0.6) is 0 Å². The molecule has 2 aromatic heterocycles. The third kappa shape index (κ3) is 1.67. The highest BCUT2D eigenvalue weighted by molar-refractivity contribution is 7.72. The molecule has 0 N–H and O–H groups in total. The minimum absolute atomic E-state index is 0.261. The van der Waals surface area contributed by atoms with Crippen LogP contribution in [0.3, 0.4) is 0 Å². The van der Waals surface area contributed by atoms with Crippen LogP contribution in [-0.4, -0.2) is 26.8 Å². The average Bonchev–Trinajstić information content (AvgIpc) is 2.70. The highest BCUT2D eigenvalue weighted by Gasteiger charge is 2.37. The fourth-order valence-corrected chi connectivity index (χ4v) is 5.45. The van der Waals surface area contributed by atoms with E-state index in [1.54, 1.807) is 12.4 Å². The molecule has 0 saturated carbocycles. The van der Waals surface area contributed by atoms with Crippen LogP contribution in [0.2, 0.25) is 0 Å². The van der Waals surface area contributed by atoms with Gasteiger partial charge in [0.05, 0.1) is 11.7 Å². The van der Waals surface area contributed by atoms with Gasteiger partial charge in [0, 0.05) is 23.4 Å². The summed E-state index contributed by atoms with van der Waals surface area (Å²) in [6.45, 7) is 2.07. The zero-order chi connectivity index (χ0) is 11.9. The minimum atomic E-state index is -2.28. The zero-order valence-electron chi connectivity index (χ0n) is 9.71. The molecule has 0 aromatic carbocycles. The molecule has 2 atom stereocenters. The Balaban J connectivity index is 2.15. The van der Waals surface area contributed by atoms with Crippen molar-refractivity contribution in [2.45, 2.75) is 25.4 Å². The molecule has 17 heavy (non-hydrogen) atoms. The van der Waals surface area contributed by atoms with Gasteiger partial charge in [-0.25, -0.2) is 9.97 Å². The summed E-state index contributed by atoms with van der Waals surface area (Å²) < 4.78 is 12.9. The van der Waals surface area contributed by atoms with Gasteiger partial charge >= 0.3 is 0 Å². The summed E-state index contributed by atoms with van der Waals surface area (Å²) in [7, 11) is -2.28. The molecule has 1 aliphatic heterocycles. The van der Waals surface area contributed by atoms with E-state index in [0.717, 1.165) is 35.3 Å². The largest absolute Gasteiger partial charge is 0.317 e. The summed E-state index contributed by atoms with van der Waals surface area (Å²) in [6, 6.07) is 1.90. The maximum atomic E-state index is 12.9. The summed E-state index contributed by atoms with van der Waals surface area (Å²) in [6.07, 6.45) is 7.84. The summed E-state index contributed by atoms with van der Waals surface area (Å²) in [5.74, 6) is 0. The fourth-order valence-electron chi connectivity index (χ4n) is 2.47. The Morgan fingerprint density at radius 2 is 2.24 bits per heavy atom. The van der Waals surface area contributed by atoms with Crippen molar-refractivity contribution in [3.8, 4) is 0 Å². The molecule has 3 rings (SSSR count). The molecule has 1 saturated heterocycles. The second kappa shape index (κ2) is 3.88. The van der Waals surface area contributed by atoms with Crippen LogP contribution in [0.25, 0.3) is 10.9 Å². The lowest BCUT2D eigenvalue weighted by Gasteiger charge is -2.16. The van der Waals surface area contributed by atoms with E-state index < -0.39 is 7.14 Å². The molecule has 5 heteroatoms. The molecular formula is C12H14N3OP. The molecule has 2 unspecified atom stereocenters. The minimum Gasteiger partial charge on any atom is -0.317 e. The highest BCUT2D eigenvalue weighted by Crippen LogP contribution is 2.56. The van der Waals surface area contributed by atoms with Crippen molar-refractivity contribution in [3.05, 3.63) is 24.8 Å². The quantitative estimate of drug-likeness (QED) is 0.725. The SMILES string of the molecule is CC1CCCP1(=O)c1cc2cncnc2cn1. The number of pyridine rings is 1. The van der Waals surface area contributed by atoms with Crippen molar-refractivity contribution >= 4 is 23.5 Å². The zero-order valence-corrected chi connectivity index (χ0v) is 10.6. The predicted octanol–water partition coefficient (Wildman–Crippen LogP) is 2.20. The van der Waals surface area contributed by atoms with Crippen LogP contribution < -0.4 is 5.44 Å². The number of fused-ring (bicyclic) bond motifs is 1. The molecule has 88 valence electrons. The normalized spacial score (nSPS) is 28.6. The Hall–Kier alpha value is -1.28. The molecule has 0 bridgehead atoms. The lowest BCUT2D eigenvalue weighted by atomic mass is 10.3. The van der Waals surface area contributed by atoms with E-state index >= 15 is 0 Å². The van der Waals surface area contributed by atoms with Gasteiger partial charge in [0.25, 0.3) is 0 Å². The first-order valence-electron chi connectivity index (χ1n) is 5.85. The molecule has 4 nitrogen and oxygen atoms in total. The summed E-state index contributed by atoms with van der Waals surface area (Å²) in [5.41, 5.74) is 1.82. The molecule has 0 spiro atoms. The van der Waals surface area contributed by atoms with Gasteiger partial charge < -0.3 is 4.57 Å². The standard InChI is InChI=1S/C12H14N3OP/c1-9-3-2-4-17(9,16)12-5-10-6-13-8-15-11(10)7-14-12/h5-9H,2-4H2,1H3. The number of aromatic nitrogens is 3. The van der Waals surface area contributed by atoms with Crippen molar-refractivity contribution in [2.24, 2.45) is 0 Å². The molecule has 0 radical (unpaired) electrons. The van der Waals surface area contributed by atoms with E-state index in [0.29, 0.717) is 0 Å². The second-order valence-electron chi connectivity index (χ2n) is 4.63. The van der Waals surface area contributed by atoms with Crippen molar-refractivity contribution in [2.75, 3.05) is 6.16 Å². The molecule has 0 aliphatic carbocycles.